The number of imidazole rings is 1. The number of aromatic nitrogens is 2. The highest BCUT2D eigenvalue weighted by Crippen LogP contribution is 1.94. The summed E-state index contributed by atoms with van der Waals surface area (Å²) in [6, 6.07) is 0. The maximum absolute atomic E-state index is 8.48. The first-order chi connectivity index (χ1) is 4.33. The fourth-order valence-electron chi connectivity index (χ4n) is 0.710. The number of rotatable bonds is 2. The highest BCUT2D eigenvalue weighted by molar-refractivity contribution is 4.99. The molecule has 48 valence electrons. The van der Waals surface area contributed by atoms with Crippen LogP contribution in [0.5, 0.6) is 0 Å². The van der Waals surface area contributed by atoms with Gasteiger partial charge in [0.25, 0.3) is 0 Å². The van der Waals surface area contributed by atoms with Gasteiger partial charge in [-0.3, -0.25) is 0 Å². The minimum Gasteiger partial charge on any atom is -0.349 e. The lowest BCUT2D eigenvalue weighted by Gasteiger charge is -1.83. The highest BCUT2D eigenvalue weighted by Gasteiger charge is 1.93. The Hall–Kier alpha value is -0.830. The predicted molar refractivity (Wildman–Crippen MR) is 34.0 cm³/mol. The number of aryl methyl sites for hydroxylation is 1. The van der Waals surface area contributed by atoms with Crippen molar-refractivity contribution >= 4 is 0 Å². The second kappa shape index (κ2) is 2.64. The van der Waals surface area contributed by atoms with Crippen molar-refractivity contribution in [1.82, 2.24) is 15.7 Å². The van der Waals surface area contributed by atoms with Gasteiger partial charge in [0.1, 0.15) is 5.82 Å². The minimum atomic E-state index is 0.171. The first-order valence-corrected chi connectivity index (χ1v) is 2.94. The van der Waals surface area contributed by atoms with Crippen LogP contribution in [0.2, 0.25) is 0 Å². The van der Waals surface area contributed by atoms with E-state index in [4.69, 9.17) is 5.73 Å². The summed E-state index contributed by atoms with van der Waals surface area (Å²) in [6.07, 6.45) is 2.45. The molecule has 0 aromatic carbocycles. The smallest absolute Gasteiger partial charge is 0.103 e. The van der Waals surface area contributed by atoms with Gasteiger partial charge in [0, 0.05) is 19.2 Å². The van der Waals surface area contributed by atoms with Crippen LogP contribution in [0, 0.1) is 6.92 Å². The van der Waals surface area contributed by atoms with Crippen LogP contribution in [0.15, 0.2) is 6.20 Å². The Labute approximate surface area is 54.3 Å². The van der Waals surface area contributed by atoms with Gasteiger partial charge >= 0.3 is 0 Å². The molecular weight excluding hydrogens is 114 g/mol. The van der Waals surface area contributed by atoms with Crippen molar-refractivity contribution in [2.75, 3.05) is 6.54 Å². The number of hydrogen-bond acceptors (Lipinski definition) is 1. The normalized spacial score (nSPS) is 10.0. The zero-order valence-electron chi connectivity index (χ0n) is 5.39. The molecule has 9 heavy (non-hydrogen) atoms. The largest absolute Gasteiger partial charge is 0.349 e. The van der Waals surface area contributed by atoms with Gasteiger partial charge in [-0.2, -0.15) is 0 Å². The summed E-state index contributed by atoms with van der Waals surface area (Å²) < 4.78 is 0. The average molecular weight is 123 g/mol. The summed E-state index contributed by atoms with van der Waals surface area (Å²) in [7, 11) is 0. The summed E-state index contributed by atoms with van der Waals surface area (Å²) in [4.78, 5) is 7.02. The van der Waals surface area contributed by atoms with Crippen LogP contribution in [0.4, 0.5) is 0 Å². The first-order valence-electron chi connectivity index (χ1n) is 2.94. The molecule has 0 aliphatic carbocycles. The molecule has 0 saturated heterocycles. The van der Waals surface area contributed by atoms with E-state index in [9.17, 15) is 0 Å². The van der Waals surface area contributed by atoms with Crippen LogP contribution in [0.1, 0.15) is 11.5 Å². The number of aromatic amines is 1. The van der Waals surface area contributed by atoms with E-state index in [1.54, 1.807) is 0 Å². The molecule has 3 heteroatoms. The third kappa shape index (κ3) is 1.54. The molecule has 1 aromatic rings. The highest BCUT2D eigenvalue weighted by atomic mass is 14.9. The molecule has 0 atom stereocenters. The van der Waals surface area contributed by atoms with Crippen molar-refractivity contribution in [2.24, 2.45) is 0 Å². The zero-order chi connectivity index (χ0) is 6.69. The van der Waals surface area contributed by atoms with Gasteiger partial charge in [-0.25, -0.2) is 4.98 Å². The molecule has 0 unspecified atom stereocenters. The molecule has 0 fully saturated rings. The van der Waals surface area contributed by atoms with Crippen LogP contribution in [-0.4, -0.2) is 16.5 Å². The van der Waals surface area contributed by atoms with Gasteiger partial charge in [0.2, 0.25) is 0 Å². The molecule has 0 amide bonds. The van der Waals surface area contributed by atoms with E-state index in [2.05, 4.69) is 9.97 Å². The molecule has 1 heterocycles. The SMILES string of the molecule is Cc1nc(CC[N])c[nH]1. The maximum atomic E-state index is 8.48. The lowest BCUT2D eigenvalue weighted by atomic mass is 10.3. The minimum absolute atomic E-state index is 0.171. The Bertz CT molecular complexity index is 180. The van der Waals surface area contributed by atoms with E-state index < -0.39 is 0 Å². The summed E-state index contributed by atoms with van der Waals surface area (Å²) in [6.45, 7) is 2.06. The Kier molecular flexibility index (Phi) is 1.85. The molecule has 0 aliphatic heterocycles. The Morgan fingerprint density at radius 3 is 3.00 bits per heavy atom. The Morgan fingerprint density at radius 2 is 2.56 bits per heavy atom. The van der Waals surface area contributed by atoms with Crippen molar-refractivity contribution in [3.63, 3.8) is 0 Å². The molecule has 1 rings (SSSR count). The number of nitrogens with zero attached hydrogens (tertiary/aromatic N) is 2. The number of hydrogen-bond donors (Lipinski definition) is 1. The summed E-state index contributed by atoms with van der Waals surface area (Å²) in [5.41, 5.74) is 9.40. The Balaban J connectivity index is 2.61. The van der Waals surface area contributed by atoms with E-state index in [0.717, 1.165) is 11.5 Å². The average Bonchev–Trinajstić information content (AvgIpc) is 2.17. The van der Waals surface area contributed by atoms with Crippen molar-refractivity contribution < 1.29 is 0 Å². The van der Waals surface area contributed by atoms with Crippen LogP contribution < -0.4 is 5.73 Å². The maximum Gasteiger partial charge on any atom is 0.103 e. The topological polar surface area (TPSA) is 51.0 Å². The molecule has 2 radical (unpaired) electrons. The fourth-order valence-corrected chi connectivity index (χ4v) is 0.710. The fraction of sp³-hybridized carbons (Fsp3) is 0.500. The van der Waals surface area contributed by atoms with E-state index in [-0.39, 0.29) is 6.54 Å². The van der Waals surface area contributed by atoms with E-state index in [1.165, 1.54) is 0 Å². The molecule has 0 bridgehead atoms. The number of H-pyrrole nitrogens is 1. The monoisotopic (exact) mass is 123 g/mol. The van der Waals surface area contributed by atoms with E-state index in [0.29, 0.717) is 6.42 Å². The predicted octanol–water partition coefficient (Wildman–Crippen LogP) is 0.329. The molecule has 1 aromatic heterocycles. The van der Waals surface area contributed by atoms with E-state index in [1.807, 2.05) is 13.1 Å². The molecule has 3 nitrogen and oxygen atoms in total. The second-order valence-electron chi connectivity index (χ2n) is 1.95. The molecule has 0 spiro atoms. The van der Waals surface area contributed by atoms with Crippen molar-refractivity contribution in [3.05, 3.63) is 17.7 Å². The summed E-state index contributed by atoms with van der Waals surface area (Å²) in [5.74, 6) is 0.901. The van der Waals surface area contributed by atoms with Crippen LogP contribution >= 0.6 is 0 Å². The lowest BCUT2D eigenvalue weighted by Crippen LogP contribution is -1.91. The summed E-state index contributed by atoms with van der Waals surface area (Å²) >= 11 is 0. The van der Waals surface area contributed by atoms with Gasteiger partial charge < -0.3 is 4.98 Å². The van der Waals surface area contributed by atoms with Crippen molar-refractivity contribution in [2.45, 2.75) is 13.3 Å². The van der Waals surface area contributed by atoms with Crippen LogP contribution in [-0.2, 0) is 6.42 Å². The zero-order valence-corrected chi connectivity index (χ0v) is 5.39. The van der Waals surface area contributed by atoms with Gasteiger partial charge in [-0.15, -0.1) is 5.73 Å². The van der Waals surface area contributed by atoms with E-state index >= 15 is 0 Å². The standard InChI is InChI=1S/C6H9N3/c1-5-8-4-6(9-5)2-3-7/h4H,2-3H2,1H3,(H,8,9). The van der Waals surface area contributed by atoms with Gasteiger partial charge in [0.15, 0.2) is 0 Å². The molecular formula is C6H9N3. The third-order valence-corrected chi connectivity index (χ3v) is 1.13. The van der Waals surface area contributed by atoms with Gasteiger partial charge in [-0.05, 0) is 6.92 Å². The Morgan fingerprint density at radius 1 is 1.78 bits per heavy atom. The molecule has 0 aliphatic rings. The molecule has 0 saturated carbocycles. The third-order valence-electron chi connectivity index (χ3n) is 1.13. The quantitative estimate of drug-likeness (QED) is 0.605. The van der Waals surface area contributed by atoms with Crippen molar-refractivity contribution in [1.29, 1.82) is 0 Å². The lowest BCUT2D eigenvalue weighted by molar-refractivity contribution is 0.907. The van der Waals surface area contributed by atoms with Gasteiger partial charge in [-0.1, -0.05) is 0 Å². The first kappa shape index (κ1) is 6.29. The number of nitrogens with one attached hydrogen (secondary N) is 1. The van der Waals surface area contributed by atoms with Crippen molar-refractivity contribution in [3.8, 4) is 0 Å². The van der Waals surface area contributed by atoms with Crippen LogP contribution in [0.3, 0.4) is 0 Å². The molecule has 1 N–H and O–H groups in total. The second-order valence-corrected chi connectivity index (χ2v) is 1.95. The van der Waals surface area contributed by atoms with Crippen LogP contribution in [0.25, 0.3) is 0 Å². The van der Waals surface area contributed by atoms with Gasteiger partial charge in [0.05, 0.1) is 5.69 Å². The summed E-state index contributed by atoms with van der Waals surface area (Å²) in [5, 5.41) is 0.